The Morgan fingerprint density at radius 2 is 1.94 bits per heavy atom. The Labute approximate surface area is 108 Å². The highest BCUT2D eigenvalue weighted by Gasteiger charge is 2.13. The van der Waals surface area contributed by atoms with Crippen LogP contribution in [0.1, 0.15) is 29.7 Å². The van der Waals surface area contributed by atoms with Gasteiger partial charge >= 0.3 is 0 Å². The lowest BCUT2D eigenvalue weighted by molar-refractivity contribution is 0.497. The van der Waals surface area contributed by atoms with Gasteiger partial charge in [0.2, 0.25) is 0 Å². The summed E-state index contributed by atoms with van der Waals surface area (Å²) in [5.74, 6) is 1.02. The second kappa shape index (κ2) is 4.99. The minimum atomic E-state index is 0.777. The molecule has 3 rings (SSSR count). The Morgan fingerprint density at radius 1 is 1.11 bits per heavy atom. The van der Waals surface area contributed by atoms with Crippen molar-refractivity contribution in [3.63, 3.8) is 0 Å². The Morgan fingerprint density at radius 3 is 2.78 bits per heavy atom. The molecule has 0 unspecified atom stereocenters. The second-order valence-electron chi connectivity index (χ2n) is 4.98. The fourth-order valence-corrected chi connectivity index (χ4v) is 2.80. The number of fused-ring (bicyclic) bond motifs is 1. The summed E-state index contributed by atoms with van der Waals surface area (Å²) < 4.78 is 5.54. The second-order valence-corrected chi connectivity index (χ2v) is 4.98. The number of nitrogens with one attached hydrogen (secondary N) is 1. The minimum absolute atomic E-state index is 0.777. The number of furan rings is 1. The largest absolute Gasteiger partial charge is 0.467 e. The maximum absolute atomic E-state index is 5.54. The van der Waals surface area contributed by atoms with Crippen molar-refractivity contribution in [2.24, 2.45) is 0 Å². The molecule has 0 atom stereocenters. The van der Waals surface area contributed by atoms with E-state index in [9.17, 15) is 0 Å². The molecule has 94 valence electrons. The van der Waals surface area contributed by atoms with Gasteiger partial charge in [-0.2, -0.15) is 0 Å². The fourth-order valence-electron chi connectivity index (χ4n) is 2.80. The average molecular weight is 241 g/mol. The van der Waals surface area contributed by atoms with E-state index in [0.717, 1.165) is 12.3 Å². The first-order valence-corrected chi connectivity index (χ1v) is 6.71. The average Bonchev–Trinajstić information content (AvgIpc) is 2.87. The van der Waals surface area contributed by atoms with Crippen LogP contribution >= 0.6 is 0 Å². The highest BCUT2D eigenvalue weighted by molar-refractivity contribution is 5.67. The molecule has 0 fully saturated rings. The van der Waals surface area contributed by atoms with Crippen LogP contribution in [0.5, 0.6) is 0 Å². The van der Waals surface area contributed by atoms with Crippen molar-refractivity contribution in [3.05, 3.63) is 47.4 Å². The third kappa shape index (κ3) is 2.08. The maximum Gasteiger partial charge on any atom is 0.125 e. The van der Waals surface area contributed by atoms with Crippen LogP contribution in [-0.2, 0) is 19.4 Å². The van der Waals surface area contributed by atoms with Crippen molar-refractivity contribution in [1.82, 2.24) is 5.32 Å². The molecule has 1 N–H and O–H groups in total. The van der Waals surface area contributed by atoms with Crippen molar-refractivity contribution in [1.29, 1.82) is 0 Å². The van der Waals surface area contributed by atoms with E-state index in [2.05, 4.69) is 29.6 Å². The van der Waals surface area contributed by atoms with Gasteiger partial charge in [0.1, 0.15) is 5.76 Å². The predicted molar refractivity (Wildman–Crippen MR) is 73.5 cm³/mol. The van der Waals surface area contributed by atoms with E-state index in [1.165, 1.54) is 47.9 Å². The molecule has 0 radical (unpaired) electrons. The Kier molecular flexibility index (Phi) is 3.20. The maximum atomic E-state index is 5.54. The lowest BCUT2D eigenvalue weighted by Gasteiger charge is -2.16. The summed E-state index contributed by atoms with van der Waals surface area (Å²) in [6.45, 7) is 0.777. The number of hydrogen-bond donors (Lipinski definition) is 1. The van der Waals surface area contributed by atoms with Gasteiger partial charge in [0, 0.05) is 5.56 Å². The van der Waals surface area contributed by atoms with Gasteiger partial charge in [0.15, 0.2) is 0 Å². The first-order chi connectivity index (χ1) is 8.88. The van der Waals surface area contributed by atoms with Gasteiger partial charge < -0.3 is 9.73 Å². The molecule has 18 heavy (non-hydrogen) atoms. The van der Waals surface area contributed by atoms with Crippen LogP contribution < -0.4 is 5.32 Å². The smallest absolute Gasteiger partial charge is 0.125 e. The molecule has 2 nitrogen and oxygen atoms in total. The van der Waals surface area contributed by atoms with E-state index in [1.54, 1.807) is 6.26 Å². The summed E-state index contributed by atoms with van der Waals surface area (Å²) in [5, 5.41) is 3.15. The van der Waals surface area contributed by atoms with Gasteiger partial charge in [-0.15, -0.1) is 0 Å². The van der Waals surface area contributed by atoms with Crippen LogP contribution in [0.2, 0.25) is 0 Å². The number of aryl methyl sites for hydroxylation is 2. The molecule has 2 heteroatoms. The molecule has 0 bridgehead atoms. The van der Waals surface area contributed by atoms with Gasteiger partial charge in [-0.05, 0) is 55.5 Å². The summed E-state index contributed by atoms with van der Waals surface area (Å²) in [5.41, 5.74) is 5.56. The summed E-state index contributed by atoms with van der Waals surface area (Å²) >= 11 is 0. The first kappa shape index (κ1) is 11.5. The quantitative estimate of drug-likeness (QED) is 0.889. The monoisotopic (exact) mass is 241 g/mol. The SMILES string of the molecule is CNCc1occc1-c1ccc2c(c1)CCCC2. The molecule has 2 aromatic rings. The van der Waals surface area contributed by atoms with E-state index in [-0.39, 0.29) is 0 Å². The zero-order chi connectivity index (χ0) is 12.4. The zero-order valence-corrected chi connectivity index (χ0v) is 10.8. The minimum Gasteiger partial charge on any atom is -0.467 e. The van der Waals surface area contributed by atoms with E-state index < -0.39 is 0 Å². The van der Waals surface area contributed by atoms with Crippen LogP contribution in [0.25, 0.3) is 11.1 Å². The summed E-state index contributed by atoms with van der Waals surface area (Å²) in [6.07, 6.45) is 6.91. The highest BCUT2D eigenvalue weighted by atomic mass is 16.3. The van der Waals surface area contributed by atoms with Gasteiger partial charge in [0.05, 0.1) is 12.8 Å². The normalized spacial score (nSPS) is 14.5. The summed E-state index contributed by atoms with van der Waals surface area (Å²) in [6, 6.07) is 8.93. The number of rotatable bonds is 3. The number of hydrogen-bond acceptors (Lipinski definition) is 2. The van der Waals surface area contributed by atoms with Crippen molar-refractivity contribution >= 4 is 0 Å². The van der Waals surface area contributed by atoms with E-state index >= 15 is 0 Å². The Hall–Kier alpha value is -1.54. The Bertz CT molecular complexity index is 542. The standard InChI is InChI=1S/C16H19NO/c1-17-11-16-15(8-9-18-16)14-7-6-12-4-2-3-5-13(12)10-14/h6-10,17H,2-5,11H2,1H3. The summed E-state index contributed by atoms with van der Waals surface area (Å²) in [4.78, 5) is 0. The Balaban J connectivity index is 1.98. The van der Waals surface area contributed by atoms with E-state index in [4.69, 9.17) is 4.42 Å². The lowest BCUT2D eigenvalue weighted by atomic mass is 9.89. The molecule has 0 saturated carbocycles. The van der Waals surface area contributed by atoms with Crippen LogP contribution in [-0.4, -0.2) is 7.05 Å². The third-order valence-corrected chi connectivity index (χ3v) is 3.74. The molecule has 1 heterocycles. The molecule has 1 aliphatic rings. The topological polar surface area (TPSA) is 25.2 Å². The number of benzene rings is 1. The van der Waals surface area contributed by atoms with Gasteiger partial charge in [-0.3, -0.25) is 0 Å². The highest BCUT2D eigenvalue weighted by Crippen LogP contribution is 2.30. The van der Waals surface area contributed by atoms with Crippen molar-refractivity contribution in [2.45, 2.75) is 32.2 Å². The van der Waals surface area contributed by atoms with Crippen molar-refractivity contribution < 1.29 is 4.42 Å². The van der Waals surface area contributed by atoms with Crippen LogP contribution in [0.4, 0.5) is 0 Å². The van der Waals surface area contributed by atoms with E-state index in [1.807, 2.05) is 7.05 Å². The molecule has 1 aromatic heterocycles. The first-order valence-electron chi connectivity index (χ1n) is 6.71. The molecule has 1 aromatic carbocycles. The molecule has 0 spiro atoms. The molecule has 1 aliphatic carbocycles. The van der Waals surface area contributed by atoms with Crippen molar-refractivity contribution in [3.8, 4) is 11.1 Å². The fraction of sp³-hybridized carbons (Fsp3) is 0.375. The third-order valence-electron chi connectivity index (χ3n) is 3.74. The molecular weight excluding hydrogens is 222 g/mol. The van der Waals surface area contributed by atoms with Crippen LogP contribution in [0.3, 0.4) is 0 Å². The van der Waals surface area contributed by atoms with Crippen LogP contribution in [0.15, 0.2) is 34.9 Å². The van der Waals surface area contributed by atoms with E-state index in [0.29, 0.717) is 0 Å². The predicted octanol–water partition coefficient (Wildman–Crippen LogP) is 3.54. The lowest BCUT2D eigenvalue weighted by Crippen LogP contribution is -2.05. The molecule has 0 amide bonds. The van der Waals surface area contributed by atoms with Gasteiger partial charge in [-0.1, -0.05) is 18.2 Å². The zero-order valence-electron chi connectivity index (χ0n) is 10.8. The summed E-state index contributed by atoms with van der Waals surface area (Å²) in [7, 11) is 1.94. The molecule has 0 saturated heterocycles. The van der Waals surface area contributed by atoms with Gasteiger partial charge in [0.25, 0.3) is 0 Å². The van der Waals surface area contributed by atoms with Gasteiger partial charge in [-0.25, -0.2) is 0 Å². The van der Waals surface area contributed by atoms with Crippen molar-refractivity contribution in [2.75, 3.05) is 7.05 Å². The van der Waals surface area contributed by atoms with Crippen LogP contribution in [0, 0.1) is 0 Å². The molecular formula is C16H19NO. The molecule has 0 aliphatic heterocycles.